The first-order valence-corrected chi connectivity index (χ1v) is 16.4. The van der Waals surface area contributed by atoms with E-state index in [2.05, 4.69) is 73.0 Å². The number of esters is 2. The van der Waals surface area contributed by atoms with Crippen LogP contribution in [-0.2, 0) is 14.3 Å². The summed E-state index contributed by atoms with van der Waals surface area (Å²) >= 11 is 0. The number of ether oxygens (including phenoxy) is 2. The molecule has 2 aromatic rings. The smallest absolute Gasteiger partial charge is 0.308 e. The molecule has 0 aromatic heterocycles. The van der Waals surface area contributed by atoms with E-state index in [0.29, 0.717) is 18.4 Å². The van der Waals surface area contributed by atoms with Crippen LogP contribution in [0.1, 0.15) is 82.0 Å². The number of nitrogens with one attached hydrogen (secondary N) is 1. The molecule has 0 radical (unpaired) electrons. The van der Waals surface area contributed by atoms with Crippen LogP contribution in [0.25, 0.3) is 11.1 Å². The highest BCUT2D eigenvalue weighted by Gasteiger charge is 2.17. The summed E-state index contributed by atoms with van der Waals surface area (Å²) in [7, 11) is 0. The quantitative estimate of drug-likeness (QED) is 0.0625. The van der Waals surface area contributed by atoms with Crippen LogP contribution >= 0.6 is 0 Å². The molecular formula is C40H47F2NO5. The molecule has 0 bridgehead atoms. The first-order valence-electron chi connectivity index (χ1n) is 16.4. The molecule has 256 valence electrons. The lowest BCUT2D eigenvalue weighted by Crippen LogP contribution is -2.26. The lowest BCUT2D eigenvalue weighted by molar-refractivity contribution is -0.143. The van der Waals surface area contributed by atoms with Gasteiger partial charge in [0.05, 0.1) is 12.2 Å². The number of hydrogen-bond donors (Lipinski definition) is 1. The van der Waals surface area contributed by atoms with Crippen molar-refractivity contribution in [2.75, 3.05) is 13.2 Å². The van der Waals surface area contributed by atoms with Crippen molar-refractivity contribution in [2.24, 2.45) is 0 Å². The predicted molar refractivity (Wildman–Crippen MR) is 188 cm³/mol. The molecule has 0 aliphatic heterocycles. The Labute approximate surface area is 283 Å². The van der Waals surface area contributed by atoms with E-state index in [1.165, 1.54) is 31.2 Å². The zero-order valence-electron chi connectivity index (χ0n) is 28.0. The van der Waals surface area contributed by atoms with Crippen LogP contribution in [0.15, 0.2) is 109 Å². The van der Waals surface area contributed by atoms with Gasteiger partial charge in [0.1, 0.15) is 17.4 Å². The summed E-state index contributed by atoms with van der Waals surface area (Å²) < 4.78 is 38.0. The van der Waals surface area contributed by atoms with Gasteiger partial charge in [-0.2, -0.15) is 0 Å². The second kappa shape index (κ2) is 24.3. The van der Waals surface area contributed by atoms with E-state index in [-0.39, 0.29) is 42.4 Å². The second-order valence-electron chi connectivity index (χ2n) is 10.7. The van der Waals surface area contributed by atoms with Crippen LogP contribution in [0.4, 0.5) is 8.78 Å². The fraction of sp³-hybridized carbons (Fsp3) is 0.325. The molecule has 6 nitrogen and oxygen atoms in total. The Balaban J connectivity index is 1.61. The number of carbonyl (C=O) groups excluding carboxylic acids is 3. The van der Waals surface area contributed by atoms with E-state index in [1.54, 1.807) is 0 Å². The van der Waals surface area contributed by atoms with Crippen LogP contribution in [0.3, 0.4) is 0 Å². The number of halogens is 2. The van der Waals surface area contributed by atoms with E-state index >= 15 is 0 Å². The first kappa shape index (κ1) is 39.3. The van der Waals surface area contributed by atoms with Gasteiger partial charge in [-0.15, -0.1) is 0 Å². The van der Waals surface area contributed by atoms with Crippen LogP contribution in [0, 0.1) is 11.6 Å². The maximum atomic E-state index is 14.3. The van der Waals surface area contributed by atoms with Crippen molar-refractivity contribution in [3.63, 3.8) is 0 Å². The van der Waals surface area contributed by atoms with Gasteiger partial charge in [0.25, 0.3) is 5.91 Å². The normalized spacial score (nSPS) is 12.0. The van der Waals surface area contributed by atoms with Gasteiger partial charge in [-0.25, -0.2) is 8.78 Å². The zero-order chi connectivity index (χ0) is 34.8. The monoisotopic (exact) mass is 659 g/mol. The predicted octanol–water partition coefficient (Wildman–Crippen LogP) is 9.70. The van der Waals surface area contributed by atoms with Crippen LogP contribution < -0.4 is 10.1 Å². The summed E-state index contributed by atoms with van der Waals surface area (Å²) in [5, 5.41) is 2.69. The van der Waals surface area contributed by atoms with E-state index in [4.69, 9.17) is 9.47 Å². The van der Waals surface area contributed by atoms with Gasteiger partial charge < -0.3 is 14.8 Å². The standard InChI is InChI=1S/C40H47F2NO5/c1-3-4-5-6-7-8-9-10-11-12-13-14-15-16-17-18-19-20-21-23-39(45)47-29-22-28-43-40(46)36-30-33(24-27-38(36)48-32(2)44)35-26-25-34(41)31-37(35)42/h4-5,7-8,10-11,13-14,16-17,19-20,24-27,30-31H,3,6,9,12,15,18,21-23,28-29H2,1-2H3,(H,43,46)/b5-4-,8-7-,11-10-,14-13-,17-16-,20-19-. The van der Waals surface area contributed by atoms with Crippen molar-refractivity contribution in [1.29, 1.82) is 0 Å². The lowest BCUT2D eigenvalue weighted by Gasteiger charge is -2.12. The number of amides is 1. The van der Waals surface area contributed by atoms with Gasteiger partial charge in [0.15, 0.2) is 0 Å². The minimum Gasteiger partial charge on any atom is -0.466 e. The van der Waals surface area contributed by atoms with Crippen LogP contribution in [0.5, 0.6) is 5.75 Å². The van der Waals surface area contributed by atoms with E-state index < -0.39 is 23.5 Å². The maximum absolute atomic E-state index is 14.3. The fourth-order valence-electron chi connectivity index (χ4n) is 4.31. The first-order chi connectivity index (χ1) is 23.3. The van der Waals surface area contributed by atoms with Gasteiger partial charge in [0, 0.05) is 31.5 Å². The summed E-state index contributed by atoms with van der Waals surface area (Å²) in [5.41, 5.74) is 0.421. The fourth-order valence-corrected chi connectivity index (χ4v) is 4.31. The number of hydrogen-bond acceptors (Lipinski definition) is 5. The Bertz CT molecular complexity index is 1490. The third-order valence-electron chi connectivity index (χ3n) is 6.70. The second-order valence-corrected chi connectivity index (χ2v) is 10.7. The van der Waals surface area contributed by atoms with Gasteiger partial charge in [-0.1, -0.05) is 85.9 Å². The van der Waals surface area contributed by atoms with Crippen molar-refractivity contribution < 1.29 is 32.6 Å². The van der Waals surface area contributed by atoms with E-state index in [1.807, 2.05) is 12.2 Å². The Morgan fingerprint density at radius 2 is 1.33 bits per heavy atom. The van der Waals surface area contributed by atoms with Crippen molar-refractivity contribution in [3.05, 3.63) is 127 Å². The van der Waals surface area contributed by atoms with Crippen LogP contribution in [0.2, 0.25) is 0 Å². The summed E-state index contributed by atoms with van der Waals surface area (Å²) in [6.07, 6.45) is 32.4. The Morgan fingerprint density at radius 3 is 1.90 bits per heavy atom. The molecule has 0 aliphatic rings. The molecule has 0 aliphatic carbocycles. The van der Waals surface area contributed by atoms with E-state index in [9.17, 15) is 23.2 Å². The third kappa shape index (κ3) is 17.2. The Kier molecular flexibility index (Phi) is 19.9. The Morgan fingerprint density at radius 1 is 0.750 bits per heavy atom. The summed E-state index contributed by atoms with van der Waals surface area (Å²) in [6.45, 7) is 3.65. The Hall–Kier alpha value is -4.85. The number of rotatable bonds is 21. The molecule has 2 aromatic carbocycles. The number of benzene rings is 2. The van der Waals surface area contributed by atoms with Gasteiger partial charge in [-0.05, 0) is 81.2 Å². The maximum Gasteiger partial charge on any atom is 0.308 e. The molecule has 0 spiro atoms. The molecule has 0 atom stereocenters. The number of allylic oxidation sites excluding steroid dienone is 12. The van der Waals surface area contributed by atoms with Crippen LogP contribution in [-0.4, -0.2) is 31.0 Å². The highest BCUT2D eigenvalue weighted by atomic mass is 19.1. The van der Waals surface area contributed by atoms with Gasteiger partial charge in [-0.3, -0.25) is 14.4 Å². The molecule has 0 fully saturated rings. The van der Waals surface area contributed by atoms with Crippen molar-refractivity contribution in [1.82, 2.24) is 5.32 Å². The largest absolute Gasteiger partial charge is 0.466 e. The summed E-state index contributed by atoms with van der Waals surface area (Å²) in [4.78, 5) is 36.4. The molecule has 0 saturated heterocycles. The topological polar surface area (TPSA) is 81.7 Å². The molecular weight excluding hydrogens is 612 g/mol. The zero-order valence-corrected chi connectivity index (χ0v) is 28.0. The minimum absolute atomic E-state index is 0.00657. The molecule has 1 N–H and O–H groups in total. The average Bonchev–Trinajstić information content (AvgIpc) is 3.05. The van der Waals surface area contributed by atoms with Crippen molar-refractivity contribution >= 4 is 17.8 Å². The molecule has 48 heavy (non-hydrogen) atoms. The summed E-state index contributed by atoms with van der Waals surface area (Å²) in [6, 6.07) is 7.37. The molecule has 8 heteroatoms. The van der Waals surface area contributed by atoms with Crippen molar-refractivity contribution in [3.8, 4) is 16.9 Å². The molecule has 2 rings (SSSR count). The highest BCUT2D eigenvalue weighted by Crippen LogP contribution is 2.29. The molecule has 1 amide bonds. The average molecular weight is 660 g/mol. The highest BCUT2D eigenvalue weighted by molar-refractivity contribution is 5.99. The number of carbonyl (C=O) groups is 3. The van der Waals surface area contributed by atoms with E-state index in [0.717, 1.165) is 50.7 Å². The van der Waals surface area contributed by atoms with Crippen molar-refractivity contribution in [2.45, 2.75) is 71.6 Å². The molecule has 0 unspecified atom stereocenters. The lowest BCUT2D eigenvalue weighted by atomic mass is 10.0. The van der Waals surface area contributed by atoms with Gasteiger partial charge >= 0.3 is 11.9 Å². The molecule has 0 saturated carbocycles. The summed E-state index contributed by atoms with van der Waals surface area (Å²) in [5.74, 6) is -3.01. The van der Waals surface area contributed by atoms with Gasteiger partial charge in [0.2, 0.25) is 0 Å². The minimum atomic E-state index is -0.788. The third-order valence-corrected chi connectivity index (χ3v) is 6.70. The SMILES string of the molecule is CC/C=C\C/C=C\C/C=C\C/C=C\C/C=C\C/C=C\CCC(=O)OCCCNC(=O)c1cc(-c2ccc(F)cc2F)ccc1OC(C)=O. The molecule has 0 heterocycles.